The number of ether oxygens (including phenoxy) is 1. The number of aromatic amines is 1. The molecule has 3 rings (SSSR count). The van der Waals surface area contributed by atoms with Crippen LogP contribution in [0.4, 0.5) is 0 Å². The number of nitrogens with one attached hydrogen (secondary N) is 1. The minimum absolute atomic E-state index is 0.0123. The summed E-state index contributed by atoms with van der Waals surface area (Å²) in [5, 5.41) is 16.1. The summed E-state index contributed by atoms with van der Waals surface area (Å²) in [4.78, 5) is 25.6. The van der Waals surface area contributed by atoms with Crippen LogP contribution in [0.3, 0.4) is 0 Å². The van der Waals surface area contributed by atoms with Crippen LogP contribution in [0.2, 0.25) is 0 Å². The number of carbonyl (C=O) groups excluding carboxylic acids is 1. The Balaban J connectivity index is 1.79. The monoisotopic (exact) mass is 357 g/mol. The van der Waals surface area contributed by atoms with Crippen LogP contribution in [0.1, 0.15) is 35.3 Å². The second-order valence-corrected chi connectivity index (χ2v) is 6.52. The predicted octanol–water partition coefficient (Wildman–Crippen LogP) is 2.48. The molecule has 138 valence electrons. The van der Waals surface area contributed by atoms with Crippen molar-refractivity contribution in [3.8, 4) is 11.3 Å². The maximum Gasteiger partial charge on any atom is 0.305 e. The van der Waals surface area contributed by atoms with Gasteiger partial charge >= 0.3 is 5.97 Å². The van der Waals surface area contributed by atoms with Crippen molar-refractivity contribution in [1.82, 2.24) is 15.1 Å². The summed E-state index contributed by atoms with van der Waals surface area (Å²) < 4.78 is 5.36. The van der Waals surface area contributed by atoms with E-state index in [0.29, 0.717) is 37.4 Å². The lowest BCUT2D eigenvalue weighted by Gasteiger charge is -2.33. The molecule has 1 aromatic heterocycles. The average Bonchev–Trinajstić information content (AvgIpc) is 3.13. The van der Waals surface area contributed by atoms with Crippen LogP contribution < -0.4 is 0 Å². The lowest BCUT2D eigenvalue weighted by atomic mass is 10.1. The Bertz CT molecular complexity index is 763. The van der Waals surface area contributed by atoms with Gasteiger partial charge in [-0.3, -0.25) is 14.7 Å². The number of amides is 1. The van der Waals surface area contributed by atoms with Crippen LogP contribution in [0.5, 0.6) is 0 Å². The SMILES string of the molecule is Cc1ccc(-c2cc(C(=O)N(CCC(=O)O)C3CCOCC3)[nH]n2)cc1. The Kier molecular flexibility index (Phi) is 5.68. The molecule has 0 unspecified atom stereocenters. The molecule has 1 aliphatic rings. The molecule has 0 radical (unpaired) electrons. The Labute approximate surface area is 152 Å². The molecule has 0 saturated carbocycles. The molecule has 1 saturated heterocycles. The Morgan fingerprint density at radius 1 is 1.27 bits per heavy atom. The van der Waals surface area contributed by atoms with Gasteiger partial charge in [0, 0.05) is 31.4 Å². The number of H-pyrrole nitrogens is 1. The normalized spacial score (nSPS) is 15.0. The van der Waals surface area contributed by atoms with E-state index in [4.69, 9.17) is 9.84 Å². The van der Waals surface area contributed by atoms with Crippen molar-refractivity contribution in [2.24, 2.45) is 0 Å². The molecule has 0 spiro atoms. The number of nitrogens with zero attached hydrogens (tertiary/aromatic N) is 2. The number of rotatable bonds is 6. The number of hydrogen-bond acceptors (Lipinski definition) is 4. The van der Waals surface area contributed by atoms with E-state index in [2.05, 4.69) is 10.2 Å². The molecule has 26 heavy (non-hydrogen) atoms. The van der Waals surface area contributed by atoms with Crippen molar-refractivity contribution < 1.29 is 19.4 Å². The molecule has 0 aliphatic carbocycles. The van der Waals surface area contributed by atoms with Crippen molar-refractivity contribution in [3.05, 3.63) is 41.6 Å². The molecular formula is C19H23N3O4. The summed E-state index contributed by atoms with van der Waals surface area (Å²) in [6, 6.07) is 9.61. The third-order valence-electron chi connectivity index (χ3n) is 4.61. The van der Waals surface area contributed by atoms with E-state index in [9.17, 15) is 9.59 Å². The summed E-state index contributed by atoms with van der Waals surface area (Å²) in [6.07, 6.45) is 1.34. The lowest BCUT2D eigenvalue weighted by Crippen LogP contribution is -2.44. The standard InChI is InChI=1S/C19H23N3O4/c1-13-2-4-14(5-3-13)16-12-17(21-20-16)19(25)22(9-6-18(23)24)15-7-10-26-11-8-15/h2-5,12,15H,6-11H2,1H3,(H,20,21)(H,23,24). The maximum atomic E-state index is 13.0. The molecule has 1 aliphatic heterocycles. The van der Waals surface area contributed by atoms with Gasteiger partial charge in [0.2, 0.25) is 0 Å². The Morgan fingerprint density at radius 3 is 2.62 bits per heavy atom. The molecule has 1 fully saturated rings. The van der Waals surface area contributed by atoms with E-state index in [1.165, 1.54) is 0 Å². The molecule has 7 nitrogen and oxygen atoms in total. The molecule has 7 heteroatoms. The predicted molar refractivity (Wildman–Crippen MR) is 95.9 cm³/mol. The Morgan fingerprint density at radius 2 is 1.96 bits per heavy atom. The average molecular weight is 357 g/mol. The highest BCUT2D eigenvalue weighted by molar-refractivity contribution is 5.93. The molecule has 2 heterocycles. The van der Waals surface area contributed by atoms with Gasteiger partial charge in [-0.15, -0.1) is 0 Å². The molecule has 1 amide bonds. The van der Waals surface area contributed by atoms with E-state index in [1.807, 2.05) is 31.2 Å². The van der Waals surface area contributed by atoms with Gasteiger partial charge in [0.1, 0.15) is 5.69 Å². The second kappa shape index (κ2) is 8.14. The molecular weight excluding hydrogens is 334 g/mol. The maximum absolute atomic E-state index is 13.0. The summed E-state index contributed by atoms with van der Waals surface area (Å²) >= 11 is 0. The van der Waals surface area contributed by atoms with Gasteiger partial charge in [-0.2, -0.15) is 5.10 Å². The number of aliphatic carboxylic acids is 1. The van der Waals surface area contributed by atoms with Crippen molar-refractivity contribution >= 4 is 11.9 Å². The molecule has 2 aromatic rings. The summed E-state index contributed by atoms with van der Waals surface area (Å²) in [5.41, 5.74) is 3.14. The highest BCUT2D eigenvalue weighted by atomic mass is 16.5. The number of carboxylic acids is 1. The highest BCUT2D eigenvalue weighted by Gasteiger charge is 2.28. The number of hydrogen-bond donors (Lipinski definition) is 2. The van der Waals surface area contributed by atoms with E-state index >= 15 is 0 Å². The number of carboxylic acid groups (broad SMARTS) is 1. The fourth-order valence-corrected chi connectivity index (χ4v) is 3.12. The summed E-state index contributed by atoms with van der Waals surface area (Å²) in [5.74, 6) is -1.14. The number of aromatic nitrogens is 2. The number of carbonyl (C=O) groups is 2. The van der Waals surface area contributed by atoms with Crippen molar-refractivity contribution in [2.45, 2.75) is 32.2 Å². The van der Waals surface area contributed by atoms with E-state index in [0.717, 1.165) is 11.1 Å². The van der Waals surface area contributed by atoms with Crippen LogP contribution in [0, 0.1) is 6.92 Å². The largest absolute Gasteiger partial charge is 0.481 e. The van der Waals surface area contributed by atoms with Crippen LogP contribution >= 0.6 is 0 Å². The zero-order valence-corrected chi connectivity index (χ0v) is 14.8. The van der Waals surface area contributed by atoms with Crippen molar-refractivity contribution in [1.29, 1.82) is 0 Å². The van der Waals surface area contributed by atoms with Gasteiger partial charge in [-0.1, -0.05) is 29.8 Å². The van der Waals surface area contributed by atoms with Gasteiger partial charge in [-0.25, -0.2) is 0 Å². The van der Waals surface area contributed by atoms with E-state index < -0.39 is 5.97 Å². The third-order valence-corrected chi connectivity index (χ3v) is 4.61. The molecule has 0 atom stereocenters. The van der Waals surface area contributed by atoms with Crippen molar-refractivity contribution in [2.75, 3.05) is 19.8 Å². The number of aryl methyl sites for hydroxylation is 1. The second-order valence-electron chi connectivity index (χ2n) is 6.52. The van der Waals surface area contributed by atoms with Gasteiger partial charge in [0.25, 0.3) is 5.91 Å². The van der Waals surface area contributed by atoms with Crippen LogP contribution in [-0.4, -0.2) is 57.9 Å². The topological polar surface area (TPSA) is 95.5 Å². The van der Waals surface area contributed by atoms with E-state index in [-0.39, 0.29) is 24.9 Å². The zero-order valence-electron chi connectivity index (χ0n) is 14.8. The zero-order chi connectivity index (χ0) is 18.5. The first-order chi connectivity index (χ1) is 12.5. The first-order valence-electron chi connectivity index (χ1n) is 8.77. The third kappa shape index (κ3) is 4.29. The molecule has 1 aromatic carbocycles. The Hall–Kier alpha value is -2.67. The quantitative estimate of drug-likeness (QED) is 0.828. The minimum atomic E-state index is -0.917. The van der Waals surface area contributed by atoms with Crippen molar-refractivity contribution in [3.63, 3.8) is 0 Å². The van der Waals surface area contributed by atoms with Gasteiger partial charge < -0.3 is 14.7 Å². The lowest BCUT2D eigenvalue weighted by molar-refractivity contribution is -0.137. The van der Waals surface area contributed by atoms with Crippen LogP contribution in [-0.2, 0) is 9.53 Å². The fourth-order valence-electron chi connectivity index (χ4n) is 3.12. The molecule has 2 N–H and O–H groups in total. The van der Waals surface area contributed by atoms with Crippen LogP contribution in [0.25, 0.3) is 11.3 Å². The molecule has 0 bridgehead atoms. The minimum Gasteiger partial charge on any atom is -0.481 e. The smallest absolute Gasteiger partial charge is 0.305 e. The van der Waals surface area contributed by atoms with Gasteiger partial charge in [0.05, 0.1) is 12.1 Å². The fraction of sp³-hybridized carbons (Fsp3) is 0.421. The first kappa shape index (κ1) is 18.1. The van der Waals surface area contributed by atoms with Crippen LogP contribution in [0.15, 0.2) is 30.3 Å². The summed E-state index contributed by atoms with van der Waals surface area (Å²) in [6.45, 7) is 3.35. The number of benzene rings is 1. The summed E-state index contributed by atoms with van der Waals surface area (Å²) in [7, 11) is 0. The van der Waals surface area contributed by atoms with Gasteiger partial charge in [-0.05, 0) is 25.8 Å². The van der Waals surface area contributed by atoms with E-state index in [1.54, 1.807) is 11.0 Å². The first-order valence-corrected chi connectivity index (χ1v) is 8.77. The van der Waals surface area contributed by atoms with Gasteiger partial charge in [0.15, 0.2) is 0 Å². The highest BCUT2D eigenvalue weighted by Crippen LogP contribution is 2.21.